The number of hydrogen-bond donors (Lipinski definition) is 2. The average Bonchev–Trinajstić information content (AvgIpc) is 2.67. The van der Waals surface area contributed by atoms with Gasteiger partial charge in [-0.3, -0.25) is 9.59 Å². The SMILES string of the molecule is COc1ccc(NC(=O)C(=O)Nc2ccc3ccccc3c2)cc1OC. The van der Waals surface area contributed by atoms with E-state index in [2.05, 4.69) is 10.6 Å². The van der Waals surface area contributed by atoms with Crippen LogP contribution in [0.25, 0.3) is 10.8 Å². The van der Waals surface area contributed by atoms with E-state index in [0.717, 1.165) is 10.8 Å². The molecule has 0 aliphatic heterocycles. The number of methoxy groups -OCH3 is 2. The molecule has 0 bridgehead atoms. The van der Waals surface area contributed by atoms with Crippen LogP contribution in [-0.2, 0) is 9.59 Å². The number of anilines is 2. The zero-order valence-corrected chi connectivity index (χ0v) is 14.4. The molecule has 6 heteroatoms. The largest absolute Gasteiger partial charge is 0.493 e. The molecule has 0 saturated heterocycles. The molecule has 132 valence electrons. The summed E-state index contributed by atoms with van der Waals surface area (Å²) in [6.45, 7) is 0. The zero-order valence-electron chi connectivity index (χ0n) is 14.4. The van der Waals surface area contributed by atoms with Gasteiger partial charge in [-0.15, -0.1) is 0 Å². The molecule has 0 spiro atoms. The van der Waals surface area contributed by atoms with Crippen molar-refractivity contribution in [3.63, 3.8) is 0 Å². The summed E-state index contributed by atoms with van der Waals surface area (Å²) in [5.74, 6) is -0.535. The minimum absolute atomic E-state index is 0.432. The van der Waals surface area contributed by atoms with Crippen LogP contribution in [0.2, 0.25) is 0 Å². The van der Waals surface area contributed by atoms with Gasteiger partial charge >= 0.3 is 11.8 Å². The summed E-state index contributed by atoms with van der Waals surface area (Å²) >= 11 is 0. The Morgan fingerprint density at radius 3 is 1.92 bits per heavy atom. The van der Waals surface area contributed by atoms with Crippen molar-refractivity contribution in [1.29, 1.82) is 0 Å². The van der Waals surface area contributed by atoms with Crippen molar-refractivity contribution in [2.24, 2.45) is 0 Å². The number of carbonyl (C=O) groups excluding carboxylic acids is 2. The third-order valence-corrected chi connectivity index (χ3v) is 3.85. The molecular weight excluding hydrogens is 332 g/mol. The van der Waals surface area contributed by atoms with Crippen molar-refractivity contribution in [3.05, 3.63) is 60.7 Å². The molecule has 0 radical (unpaired) electrons. The van der Waals surface area contributed by atoms with E-state index in [1.165, 1.54) is 14.2 Å². The first kappa shape index (κ1) is 17.3. The Morgan fingerprint density at radius 1 is 0.692 bits per heavy atom. The molecule has 3 aromatic carbocycles. The predicted octanol–water partition coefficient (Wildman–Crippen LogP) is 3.43. The Bertz CT molecular complexity index is 969. The Kier molecular flexibility index (Phi) is 5.03. The first-order chi connectivity index (χ1) is 12.6. The van der Waals surface area contributed by atoms with E-state index in [9.17, 15) is 9.59 Å². The summed E-state index contributed by atoms with van der Waals surface area (Å²) in [6, 6.07) is 18.1. The van der Waals surface area contributed by atoms with Crippen LogP contribution in [0.5, 0.6) is 11.5 Å². The predicted molar refractivity (Wildman–Crippen MR) is 101 cm³/mol. The van der Waals surface area contributed by atoms with E-state index in [1.54, 1.807) is 24.3 Å². The van der Waals surface area contributed by atoms with Crippen molar-refractivity contribution in [2.45, 2.75) is 0 Å². The number of amides is 2. The van der Waals surface area contributed by atoms with Gasteiger partial charge in [0.25, 0.3) is 0 Å². The van der Waals surface area contributed by atoms with Crippen molar-refractivity contribution < 1.29 is 19.1 Å². The van der Waals surface area contributed by atoms with Gasteiger partial charge in [0.15, 0.2) is 11.5 Å². The van der Waals surface area contributed by atoms with Gasteiger partial charge in [0.2, 0.25) is 0 Å². The van der Waals surface area contributed by atoms with Crippen LogP contribution in [0.3, 0.4) is 0 Å². The van der Waals surface area contributed by atoms with Crippen molar-refractivity contribution in [3.8, 4) is 11.5 Å². The lowest BCUT2D eigenvalue weighted by molar-refractivity contribution is -0.132. The normalized spacial score (nSPS) is 10.2. The maximum Gasteiger partial charge on any atom is 0.314 e. The van der Waals surface area contributed by atoms with Crippen molar-refractivity contribution in [2.75, 3.05) is 24.9 Å². The van der Waals surface area contributed by atoms with E-state index in [0.29, 0.717) is 22.9 Å². The van der Waals surface area contributed by atoms with Crippen LogP contribution in [-0.4, -0.2) is 26.0 Å². The maximum atomic E-state index is 12.2. The first-order valence-corrected chi connectivity index (χ1v) is 7.94. The second kappa shape index (κ2) is 7.57. The lowest BCUT2D eigenvalue weighted by Gasteiger charge is -2.11. The highest BCUT2D eigenvalue weighted by atomic mass is 16.5. The van der Waals surface area contributed by atoms with Crippen LogP contribution in [0.4, 0.5) is 11.4 Å². The smallest absolute Gasteiger partial charge is 0.314 e. The summed E-state index contributed by atoms with van der Waals surface area (Å²) in [4.78, 5) is 24.3. The minimum atomic E-state index is -0.773. The number of benzene rings is 3. The van der Waals surface area contributed by atoms with Gasteiger partial charge in [-0.05, 0) is 35.0 Å². The molecule has 2 amide bonds. The fourth-order valence-corrected chi connectivity index (χ4v) is 2.56. The van der Waals surface area contributed by atoms with Gasteiger partial charge in [0.05, 0.1) is 14.2 Å². The quantitative estimate of drug-likeness (QED) is 0.707. The van der Waals surface area contributed by atoms with Crippen molar-refractivity contribution >= 4 is 34.0 Å². The van der Waals surface area contributed by atoms with E-state index in [4.69, 9.17) is 9.47 Å². The van der Waals surface area contributed by atoms with Gasteiger partial charge in [-0.2, -0.15) is 0 Å². The molecule has 6 nitrogen and oxygen atoms in total. The summed E-state index contributed by atoms with van der Waals surface area (Å²) < 4.78 is 10.3. The third-order valence-electron chi connectivity index (χ3n) is 3.85. The second-order valence-electron chi connectivity index (χ2n) is 5.54. The summed E-state index contributed by atoms with van der Waals surface area (Å²) in [5.41, 5.74) is 0.984. The molecule has 0 atom stereocenters. The molecule has 0 aliphatic carbocycles. The highest BCUT2D eigenvalue weighted by molar-refractivity contribution is 6.43. The van der Waals surface area contributed by atoms with Crippen LogP contribution < -0.4 is 20.1 Å². The molecular formula is C20H18N2O4. The topological polar surface area (TPSA) is 76.7 Å². The van der Waals surface area contributed by atoms with E-state index < -0.39 is 11.8 Å². The number of fused-ring (bicyclic) bond motifs is 1. The Balaban J connectivity index is 1.70. The lowest BCUT2D eigenvalue weighted by Crippen LogP contribution is -2.29. The van der Waals surface area contributed by atoms with E-state index in [-0.39, 0.29) is 0 Å². The maximum absolute atomic E-state index is 12.2. The number of ether oxygens (including phenoxy) is 2. The molecule has 0 saturated carbocycles. The third kappa shape index (κ3) is 3.75. The number of nitrogens with one attached hydrogen (secondary N) is 2. The minimum Gasteiger partial charge on any atom is -0.493 e. The van der Waals surface area contributed by atoms with Crippen molar-refractivity contribution in [1.82, 2.24) is 0 Å². The van der Waals surface area contributed by atoms with Gasteiger partial charge in [0.1, 0.15) is 0 Å². The van der Waals surface area contributed by atoms with E-state index >= 15 is 0 Å². The molecule has 26 heavy (non-hydrogen) atoms. The molecule has 0 fully saturated rings. The summed E-state index contributed by atoms with van der Waals surface area (Å²) in [6.07, 6.45) is 0. The Labute approximate surface area is 150 Å². The average molecular weight is 350 g/mol. The van der Waals surface area contributed by atoms with E-state index in [1.807, 2.05) is 36.4 Å². The fourth-order valence-electron chi connectivity index (χ4n) is 2.56. The molecule has 3 rings (SSSR count). The van der Waals surface area contributed by atoms with Gasteiger partial charge in [0, 0.05) is 17.4 Å². The number of hydrogen-bond acceptors (Lipinski definition) is 4. The highest BCUT2D eigenvalue weighted by Gasteiger charge is 2.15. The molecule has 0 unspecified atom stereocenters. The zero-order chi connectivity index (χ0) is 18.5. The molecule has 2 N–H and O–H groups in total. The summed E-state index contributed by atoms with van der Waals surface area (Å²) in [5, 5.41) is 7.17. The van der Waals surface area contributed by atoms with Crippen LogP contribution in [0.1, 0.15) is 0 Å². The molecule has 0 aromatic heterocycles. The Morgan fingerprint density at radius 2 is 1.27 bits per heavy atom. The Hall–Kier alpha value is -3.54. The number of rotatable bonds is 4. The second-order valence-corrected chi connectivity index (χ2v) is 5.54. The van der Waals surface area contributed by atoms with Gasteiger partial charge < -0.3 is 20.1 Å². The monoisotopic (exact) mass is 350 g/mol. The lowest BCUT2D eigenvalue weighted by atomic mass is 10.1. The summed E-state index contributed by atoms with van der Waals surface area (Å²) in [7, 11) is 3.02. The molecule has 0 heterocycles. The van der Waals surface area contributed by atoms with Crippen LogP contribution in [0.15, 0.2) is 60.7 Å². The van der Waals surface area contributed by atoms with Crippen LogP contribution >= 0.6 is 0 Å². The van der Waals surface area contributed by atoms with Gasteiger partial charge in [-0.1, -0.05) is 30.3 Å². The van der Waals surface area contributed by atoms with Crippen LogP contribution in [0, 0.1) is 0 Å². The highest BCUT2D eigenvalue weighted by Crippen LogP contribution is 2.29. The first-order valence-electron chi connectivity index (χ1n) is 7.94. The molecule has 3 aromatic rings. The molecule has 0 aliphatic rings. The van der Waals surface area contributed by atoms with Gasteiger partial charge in [-0.25, -0.2) is 0 Å². The number of carbonyl (C=O) groups is 2. The standard InChI is InChI=1S/C20H18N2O4/c1-25-17-10-9-16(12-18(17)26-2)22-20(24)19(23)21-15-8-7-13-5-3-4-6-14(13)11-15/h3-12H,1-2H3,(H,21,23)(H,22,24). The fraction of sp³-hybridized carbons (Fsp3) is 0.100.